The van der Waals surface area contributed by atoms with Crippen LogP contribution < -0.4 is 5.73 Å². The average Bonchev–Trinajstić information content (AvgIpc) is 2.55. The van der Waals surface area contributed by atoms with Gasteiger partial charge in [-0.2, -0.15) is 0 Å². The molecule has 6 nitrogen and oxygen atoms in total. The normalized spacial score (nSPS) is 9.64. The van der Waals surface area contributed by atoms with Crippen LogP contribution in [0.2, 0.25) is 0 Å². The molecule has 132 valence electrons. The predicted molar refractivity (Wildman–Crippen MR) is 86.5 cm³/mol. The molecule has 0 amide bonds. The molecule has 0 aromatic heterocycles. The first-order chi connectivity index (χ1) is 10.6. The van der Waals surface area contributed by atoms with Gasteiger partial charge in [0.2, 0.25) is 0 Å². The molecule has 0 atom stereocenters. The quantitative estimate of drug-likeness (QED) is 0.439. The van der Waals surface area contributed by atoms with E-state index in [2.05, 4.69) is 9.47 Å². The first-order valence-corrected chi connectivity index (χ1v) is 7.95. The van der Waals surface area contributed by atoms with Gasteiger partial charge < -0.3 is 19.9 Å². The second-order valence-electron chi connectivity index (χ2n) is 4.91. The van der Waals surface area contributed by atoms with Crippen molar-refractivity contribution in [3.8, 4) is 0 Å². The zero-order chi connectivity index (χ0) is 17.1. The molecule has 0 aliphatic rings. The third kappa shape index (κ3) is 21.2. The van der Waals surface area contributed by atoms with E-state index in [9.17, 15) is 9.59 Å². The summed E-state index contributed by atoms with van der Waals surface area (Å²) in [5.74, 6) is -0.267. The second-order valence-corrected chi connectivity index (χ2v) is 4.91. The zero-order valence-electron chi connectivity index (χ0n) is 14.4. The predicted octanol–water partition coefficient (Wildman–Crippen LogP) is 2.43. The average molecular weight is 319 g/mol. The van der Waals surface area contributed by atoms with Crippen molar-refractivity contribution in [2.75, 3.05) is 34.5 Å². The van der Waals surface area contributed by atoms with E-state index in [0.717, 1.165) is 58.1 Å². The topological polar surface area (TPSA) is 87.9 Å². The van der Waals surface area contributed by atoms with Gasteiger partial charge in [0.05, 0.1) is 14.2 Å². The summed E-state index contributed by atoms with van der Waals surface area (Å²) in [7, 11) is 4.50. The summed E-state index contributed by atoms with van der Waals surface area (Å²) in [6, 6.07) is 0. The lowest BCUT2D eigenvalue weighted by Gasteiger charge is -2.01. The molecular weight excluding hydrogens is 286 g/mol. The third-order valence-corrected chi connectivity index (χ3v) is 3.02. The number of ether oxygens (including phenoxy) is 3. The van der Waals surface area contributed by atoms with Crippen molar-refractivity contribution in [3.05, 3.63) is 0 Å². The number of carbonyl (C=O) groups excluding carboxylic acids is 2. The number of rotatable bonds is 12. The summed E-state index contributed by atoms with van der Waals surface area (Å²) in [6.07, 6.45) is 8.10. The molecule has 0 aliphatic heterocycles. The Labute approximate surface area is 134 Å². The van der Waals surface area contributed by atoms with Crippen LogP contribution in [-0.2, 0) is 23.8 Å². The number of hydrogen-bond acceptors (Lipinski definition) is 6. The molecule has 6 heteroatoms. The monoisotopic (exact) mass is 319 g/mol. The van der Waals surface area contributed by atoms with Crippen LogP contribution in [0.3, 0.4) is 0 Å². The minimum Gasteiger partial charge on any atom is -0.469 e. The lowest BCUT2D eigenvalue weighted by atomic mass is 10.1. The summed E-state index contributed by atoms with van der Waals surface area (Å²) >= 11 is 0. The number of methoxy groups -OCH3 is 3. The van der Waals surface area contributed by atoms with Crippen molar-refractivity contribution in [1.82, 2.24) is 0 Å². The molecule has 0 saturated carbocycles. The Balaban J connectivity index is 0. The van der Waals surface area contributed by atoms with E-state index < -0.39 is 0 Å². The van der Waals surface area contributed by atoms with E-state index in [4.69, 9.17) is 10.5 Å². The number of hydrogen-bond donors (Lipinski definition) is 1. The molecule has 0 aromatic carbocycles. The van der Waals surface area contributed by atoms with E-state index in [1.807, 2.05) is 0 Å². The van der Waals surface area contributed by atoms with Gasteiger partial charge in [0.1, 0.15) is 0 Å². The molecule has 0 unspecified atom stereocenters. The Morgan fingerprint density at radius 2 is 1.14 bits per heavy atom. The number of carbonyl (C=O) groups is 2. The maximum Gasteiger partial charge on any atom is 0.305 e. The largest absolute Gasteiger partial charge is 0.469 e. The van der Waals surface area contributed by atoms with Crippen molar-refractivity contribution < 1.29 is 23.8 Å². The molecule has 2 N–H and O–H groups in total. The van der Waals surface area contributed by atoms with Crippen LogP contribution in [0, 0.1) is 0 Å². The van der Waals surface area contributed by atoms with Crippen LogP contribution in [0.15, 0.2) is 0 Å². The standard InChI is InChI=1S/C12H22O4.C4H11NO/c1-15-11(13)9-7-5-3-4-6-8-10-12(14)16-2;1-6-4-2-3-5/h3-10H2,1-2H3;2-5H2,1H3. The van der Waals surface area contributed by atoms with E-state index in [-0.39, 0.29) is 11.9 Å². The van der Waals surface area contributed by atoms with Gasteiger partial charge in [-0.3, -0.25) is 9.59 Å². The molecule has 0 radical (unpaired) electrons. The summed E-state index contributed by atoms with van der Waals surface area (Å²) in [5, 5.41) is 0. The summed E-state index contributed by atoms with van der Waals surface area (Å²) in [5.41, 5.74) is 5.13. The highest BCUT2D eigenvalue weighted by molar-refractivity contribution is 5.69. The van der Waals surface area contributed by atoms with Gasteiger partial charge in [-0.15, -0.1) is 0 Å². The maximum atomic E-state index is 10.8. The Bertz CT molecular complexity index is 233. The molecule has 0 bridgehead atoms. The molecule has 0 spiro atoms. The van der Waals surface area contributed by atoms with Crippen LogP contribution in [0.1, 0.15) is 57.8 Å². The van der Waals surface area contributed by atoms with Crippen molar-refractivity contribution in [3.63, 3.8) is 0 Å². The van der Waals surface area contributed by atoms with Crippen LogP contribution in [0.5, 0.6) is 0 Å². The van der Waals surface area contributed by atoms with Crippen molar-refractivity contribution in [2.24, 2.45) is 5.73 Å². The van der Waals surface area contributed by atoms with Gasteiger partial charge in [-0.1, -0.05) is 25.7 Å². The number of nitrogens with two attached hydrogens (primary N) is 1. The first kappa shape index (κ1) is 23.1. The minimum atomic E-state index is -0.134. The fourth-order valence-electron chi connectivity index (χ4n) is 1.68. The highest BCUT2D eigenvalue weighted by Crippen LogP contribution is 2.09. The molecule has 0 heterocycles. The highest BCUT2D eigenvalue weighted by Gasteiger charge is 2.00. The smallest absolute Gasteiger partial charge is 0.305 e. The van der Waals surface area contributed by atoms with Crippen LogP contribution >= 0.6 is 0 Å². The fraction of sp³-hybridized carbons (Fsp3) is 0.875. The van der Waals surface area contributed by atoms with Gasteiger partial charge >= 0.3 is 11.9 Å². The minimum absolute atomic E-state index is 0.134. The summed E-state index contributed by atoms with van der Waals surface area (Å²) in [4.78, 5) is 21.6. The van der Waals surface area contributed by atoms with E-state index in [0.29, 0.717) is 12.8 Å². The van der Waals surface area contributed by atoms with Gasteiger partial charge in [0.25, 0.3) is 0 Å². The zero-order valence-corrected chi connectivity index (χ0v) is 14.4. The van der Waals surface area contributed by atoms with E-state index in [1.165, 1.54) is 14.2 Å². The number of unbranched alkanes of at least 4 members (excludes halogenated alkanes) is 5. The molecule has 0 aromatic rings. The molecule has 0 aliphatic carbocycles. The Hall–Kier alpha value is -1.14. The molecule has 22 heavy (non-hydrogen) atoms. The van der Waals surface area contributed by atoms with Crippen molar-refractivity contribution in [2.45, 2.75) is 57.8 Å². The second kappa shape index (κ2) is 19.9. The Morgan fingerprint density at radius 3 is 1.41 bits per heavy atom. The third-order valence-electron chi connectivity index (χ3n) is 3.02. The van der Waals surface area contributed by atoms with Gasteiger partial charge in [-0.25, -0.2) is 0 Å². The SMILES string of the molecule is COC(=O)CCCCCCCCC(=O)OC.COCCCN. The van der Waals surface area contributed by atoms with Crippen LogP contribution in [0.25, 0.3) is 0 Å². The summed E-state index contributed by atoms with van der Waals surface area (Å²) < 4.78 is 13.8. The highest BCUT2D eigenvalue weighted by atomic mass is 16.5. The van der Waals surface area contributed by atoms with Crippen molar-refractivity contribution in [1.29, 1.82) is 0 Å². The van der Waals surface area contributed by atoms with Crippen LogP contribution in [0.4, 0.5) is 0 Å². The maximum absolute atomic E-state index is 10.8. The first-order valence-electron chi connectivity index (χ1n) is 7.95. The van der Waals surface area contributed by atoms with Gasteiger partial charge in [0, 0.05) is 26.6 Å². The Kier molecular flexibility index (Phi) is 20.9. The van der Waals surface area contributed by atoms with Crippen molar-refractivity contribution >= 4 is 11.9 Å². The van der Waals surface area contributed by atoms with Gasteiger partial charge in [0.15, 0.2) is 0 Å². The van der Waals surface area contributed by atoms with Crippen LogP contribution in [-0.4, -0.2) is 46.4 Å². The molecular formula is C16H33NO5. The molecule has 0 fully saturated rings. The summed E-state index contributed by atoms with van der Waals surface area (Å²) in [6.45, 7) is 1.52. The fourth-order valence-corrected chi connectivity index (χ4v) is 1.68. The van der Waals surface area contributed by atoms with E-state index >= 15 is 0 Å². The van der Waals surface area contributed by atoms with E-state index in [1.54, 1.807) is 7.11 Å². The Morgan fingerprint density at radius 1 is 0.727 bits per heavy atom. The molecule has 0 saturated heterocycles. The van der Waals surface area contributed by atoms with Gasteiger partial charge in [-0.05, 0) is 25.8 Å². The number of esters is 2. The molecule has 0 rings (SSSR count). The lowest BCUT2D eigenvalue weighted by Crippen LogP contribution is -2.01. The lowest BCUT2D eigenvalue weighted by molar-refractivity contribution is -0.141.